The molecular formula is C25H27ClFN5O5. The predicted molar refractivity (Wildman–Crippen MR) is 136 cm³/mol. The highest BCUT2D eigenvalue weighted by Crippen LogP contribution is 2.31. The van der Waals surface area contributed by atoms with Gasteiger partial charge in [0.05, 0.1) is 13.2 Å². The number of hydrogen-bond acceptors (Lipinski definition) is 6. The molecule has 37 heavy (non-hydrogen) atoms. The average Bonchev–Trinajstić information content (AvgIpc) is 3.43. The molecule has 1 saturated heterocycles. The highest BCUT2D eigenvalue weighted by Gasteiger charge is 2.51. The van der Waals surface area contributed by atoms with E-state index in [-0.39, 0.29) is 30.4 Å². The van der Waals surface area contributed by atoms with Gasteiger partial charge in [-0.3, -0.25) is 14.4 Å². The van der Waals surface area contributed by atoms with Crippen molar-refractivity contribution in [2.24, 2.45) is 5.73 Å². The first kappa shape index (κ1) is 26.6. The minimum atomic E-state index is -2.26. The first-order chi connectivity index (χ1) is 17.7. The Labute approximate surface area is 216 Å². The number of fused-ring (bicyclic) bond motifs is 1. The number of aromatic amines is 1. The van der Waals surface area contributed by atoms with Gasteiger partial charge in [0.15, 0.2) is 0 Å². The zero-order valence-corrected chi connectivity index (χ0v) is 20.6. The third-order valence-corrected chi connectivity index (χ3v) is 6.22. The number of amides is 3. The molecule has 196 valence electrons. The molecule has 12 heteroatoms. The summed E-state index contributed by atoms with van der Waals surface area (Å²) >= 11 is 5.83. The van der Waals surface area contributed by atoms with Crippen molar-refractivity contribution >= 4 is 45.9 Å². The second-order valence-electron chi connectivity index (χ2n) is 8.64. The van der Waals surface area contributed by atoms with Crippen molar-refractivity contribution in [2.45, 2.75) is 18.6 Å². The summed E-state index contributed by atoms with van der Waals surface area (Å²) in [6, 6.07) is 10.5. The molecule has 0 saturated carbocycles. The van der Waals surface area contributed by atoms with Gasteiger partial charge in [-0.2, -0.15) is 0 Å². The fourth-order valence-corrected chi connectivity index (χ4v) is 4.38. The summed E-state index contributed by atoms with van der Waals surface area (Å²) in [6.07, 6.45) is -0.118. The van der Waals surface area contributed by atoms with Gasteiger partial charge in [0.25, 0.3) is 17.7 Å². The van der Waals surface area contributed by atoms with Gasteiger partial charge < -0.3 is 36.1 Å². The number of halogens is 2. The lowest BCUT2D eigenvalue weighted by molar-refractivity contribution is -0.149. The third-order valence-electron chi connectivity index (χ3n) is 6.00. The lowest BCUT2D eigenvalue weighted by atomic mass is 10.0. The van der Waals surface area contributed by atoms with E-state index >= 15 is 0 Å². The maximum atomic E-state index is 13.5. The number of benzene rings is 2. The Morgan fingerprint density at radius 2 is 2.00 bits per heavy atom. The van der Waals surface area contributed by atoms with Gasteiger partial charge in [0, 0.05) is 54.2 Å². The number of anilines is 1. The quantitative estimate of drug-likeness (QED) is 0.197. The van der Waals surface area contributed by atoms with E-state index in [9.17, 15) is 23.9 Å². The first-order valence-electron chi connectivity index (χ1n) is 11.7. The molecule has 0 spiro atoms. The summed E-state index contributed by atoms with van der Waals surface area (Å²) < 4.78 is 18.8. The summed E-state index contributed by atoms with van der Waals surface area (Å²) in [5.41, 5.74) is 4.98. The number of nitrogens with two attached hydrogens (primary N) is 1. The molecule has 6 N–H and O–H groups in total. The van der Waals surface area contributed by atoms with E-state index in [0.717, 1.165) is 6.07 Å². The summed E-state index contributed by atoms with van der Waals surface area (Å²) in [4.78, 5) is 42.6. The Bertz CT molecular complexity index is 1310. The first-order valence-corrected chi connectivity index (χ1v) is 12.1. The number of hydrogen-bond donors (Lipinski definition) is 5. The molecule has 3 amide bonds. The van der Waals surface area contributed by atoms with E-state index in [1.165, 1.54) is 17.0 Å². The van der Waals surface area contributed by atoms with E-state index in [4.69, 9.17) is 22.1 Å². The minimum absolute atomic E-state index is 0.106. The Hall–Kier alpha value is -3.51. The molecule has 2 aromatic carbocycles. The van der Waals surface area contributed by atoms with Gasteiger partial charge in [0.1, 0.15) is 11.5 Å². The van der Waals surface area contributed by atoms with Gasteiger partial charge in [-0.05, 0) is 48.0 Å². The monoisotopic (exact) mass is 531 g/mol. The molecule has 2 heterocycles. The van der Waals surface area contributed by atoms with Crippen LogP contribution in [0, 0.1) is 5.82 Å². The van der Waals surface area contributed by atoms with Gasteiger partial charge in [-0.15, -0.1) is 0 Å². The fourth-order valence-electron chi connectivity index (χ4n) is 4.13. The number of carbonyl (C=O) groups is 3. The smallest absolute Gasteiger partial charge is 0.268 e. The SMILES string of the molecule is NCCOCCNC(=O)c1cc2cc(N3CC[C@@](O)(C(=O)NCc4cc(F)cc(Cl)c4)C3=O)ccc2[nH]1. The molecule has 3 aromatic rings. The summed E-state index contributed by atoms with van der Waals surface area (Å²) in [6.45, 7) is 1.50. The number of aliphatic hydroxyl groups is 1. The largest absolute Gasteiger partial charge is 0.378 e. The van der Waals surface area contributed by atoms with Crippen LogP contribution in [0.2, 0.25) is 5.02 Å². The van der Waals surface area contributed by atoms with Crippen LogP contribution in [0.1, 0.15) is 22.5 Å². The predicted octanol–water partition coefficient (Wildman–Crippen LogP) is 1.45. The van der Waals surface area contributed by atoms with E-state index in [2.05, 4.69) is 15.6 Å². The zero-order chi connectivity index (χ0) is 26.6. The molecular weight excluding hydrogens is 505 g/mol. The highest BCUT2D eigenvalue weighted by molar-refractivity contribution is 6.30. The lowest BCUT2D eigenvalue weighted by Gasteiger charge is -2.22. The van der Waals surface area contributed by atoms with Crippen molar-refractivity contribution in [3.05, 3.63) is 64.6 Å². The van der Waals surface area contributed by atoms with Crippen molar-refractivity contribution in [3.63, 3.8) is 0 Å². The van der Waals surface area contributed by atoms with Gasteiger partial charge in [-0.25, -0.2) is 4.39 Å². The van der Waals surface area contributed by atoms with E-state index in [1.54, 1.807) is 24.3 Å². The van der Waals surface area contributed by atoms with Crippen molar-refractivity contribution in [3.8, 4) is 0 Å². The average molecular weight is 532 g/mol. The molecule has 0 unspecified atom stereocenters. The topological polar surface area (TPSA) is 150 Å². The standard InChI is InChI=1S/C25H27ClFN5O5/c26-17-9-15(10-18(27)13-17)14-30-23(34)25(36)3-6-32(24(25)35)19-1-2-20-16(11-19)12-21(31-20)22(33)29-5-8-37-7-4-28/h1-2,9-13,31,36H,3-8,14,28H2,(H,29,33)(H,30,34)/t25-/m1/s1. The molecule has 0 radical (unpaired) electrons. The number of ether oxygens (including phenoxy) is 1. The van der Waals surface area contributed by atoms with Gasteiger partial charge >= 0.3 is 0 Å². The summed E-state index contributed by atoms with van der Waals surface area (Å²) in [7, 11) is 0. The summed E-state index contributed by atoms with van der Waals surface area (Å²) in [5.74, 6) is -2.52. The second kappa shape index (κ2) is 11.3. The Balaban J connectivity index is 1.41. The Morgan fingerprint density at radius 1 is 1.19 bits per heavy atom. The molecule has 1 aliphatic heterocycles. The van der Waals surface area contributed by atoms with Crippen molar-refractivity contribution in [1.82, 2.24) is 15.6 Å². The summed E-state index contributed by atoms with van der Waals surface area (Å²) in [5, 5.41) is 17.0. The van der Waals surface area contributed by atoms with Crippen LogP contribution in [-0.4, -0.2) is 66.3 Å². The third kappa shape index (κ3) is 5.91. The Kier molecular flexibility index (Phi) is 8.08. The molecule has 1 aliphatic rings. The van der Waals surface area contributed by atoms with Crippen LogP contribution in [0.4, 0.5) is 10.1 Å². The molecule has 0 aliphatic carbocycles. The number of carbonyl (C=O) groups excluding carboxylic acids is 3. The number of nitrogens with one attached hydrogen (secondary N) is 3. The molecule has 1 atom stereocenters. The number of rotatable bonds is 10. The van der Waals surface area contributed by atoms with Crippen LogP contribution >= 0.6 is 11.6 Å². The molecule has 1 aromatic heterocycles. The van der Waals surface area contributed by atoms with Gasteiger partial charge in [-0.1, -0.05) is 11.6 Å². The highest BCUT2D eigenvalue weighted by atomic mass is 35.5. The van der Waals surface area contributed by atoms with Crippen LogP contribution in [0.25, 0.3) is 10.9 Å². The van der Waals surface area contributed by atoms with Crippen LogP contribution in [0.15, 0.2) is 42.5 Å². The number of nitrogens with zero attached hydrogens (tertiary/aromatic N) is 1. The van der Waals surface area contributed by atoms with Crippen LogP contribution in [0.5, 0.6) is 0 Å². The van der Waals surface area contributed by atoms with Crippen molar-refractivity contribution in [2.75, 3.05) is 37.7 Å². The maximum Gasteiger partial charge on any atom is 0.268 e. The molecule has 0 bridgehead atoms. The van der Waals surface area contributed by atoms with E-state index in [0.29, 0.717) is 54.2 Å². The fraction of sp³-hybridized carbons (Fsp3) is 0.320. The number of aromatic nitrogens is 1. The van der Waals surface area contributed by atoms with Crippen molar-refractivity contribution < 1.29 is 28.6 Å². The lowest BCUT2D eigenvalue weighted by Crippen LogP contribution is -2.52. The van der Waals surface area contributed by atoms with Crippen LogP contribution in [0.3, 0.4) is 0 Å². The molecule has 1 fully saturated rings. The van der Waals surface area contributed by atoms with E-state index < -0.39 is 23.2 Å². The number of H-pyrrole nitrogens is 1. The second-order valence-corrected chi connectivity index (χ2v) is 9.08. The maximum absolute atomic E-state index is 13.5. The molecule has 10 nitrogen and oxygen atoms in total. The molecule has 4 rings (SSSR count). The van der Waals surface area contributed by atoms with E-state index in [1.807, 2.05) is 0 Å². The van der Waals surface area contributed by atoms with Gasteiger partial charge in [0.2, 0.25) is 5.60 Å². The zero-order valence-electron chi connectivity index (χ0n) is 19.9. The van der Waals surface area contributed by atoms with Crippen LogP contribution in [-0.2, 0) is 20.9 Å². The van der Waals surface area contributed by atoms with Crippen molar-refractivity contribution in [1.29, 1.82) is 0 Å². The van der Waals surface area contributed by atoms with Crippen LogP contribution < -0.4 is 21.3 Å². The normalized spacial score (nSPS) is 17.4. The Morgan fingerprint density at radius 3 is 2.76 bits per heavy atom. The minimum Gasteiger partial charge on any atom is -0.378 e.